The van der Waals surface area contributed by atoms with Crippen LogP contribution < -0.4 is 11.1 Å². The van der Waals surface area contributed by atoms with Crippen LogP contribution in [-0.2, 0) is 4.74 Å². The molecule has 1 atom stereocenters. The highest BCUT2D eigenvalue weighted by atomic mass is 79.9. The van der Waals surface area contributed by atoms with Gasteiger partial charge in [0, 0.05) is 18.8 Å². The number of methoxy groups -OCH3 is 1. The Morgan fingerprint density at radius 3 is 2.95 bits per heavy atom. The van der Waals surface area contributed by atoms with Gasteiger partial charge in [-0.25, -0.2) is 4.79 Å². The fraction of sp³-hybridized carbons (Fsp3) is 0.385. The van der Waals surface area contributed by atoms with E-state index in [9.17, 15) is 9.59 Å². The van der Waals surface area contributed by atoms with Gasteiger partial charge in [0.2, 0.25) is 0 Å². The van der Waals surface area contributed by atoms with E-state index in [-0.39, 0.29) is 11.9 Å². The highest BCUT2D eigenvalue weighted by Crippen LogP contribution is 2.26. The van der Waals surface area contributed by atoms with Crippen molar-refractivity contribution in [2.75, 3.05) is 25.9 Å². The molecule has 1 aromatic carbocycles. The number of carbonyl (C=O) groups excluding carboxylic acids is 2. The number of likely N-dealkylation sites (tertiary alicyclic amines) is 1. The van der Waals surface area contributed by atoms with Crippen molar-refractivity contribution in [1.29, 1.82) is 0 Å². The molecule has 1 saturated heterocycles. The van der Waals surface area contributed by atoms with Crippen LogP contribution in [0.25, 0.3) is 0 Å². The molecule has 0 aliphatic carbocycles. The minimum atomic E-state index is -0.477. The summed E-state index contributed by atoms with van der Waals surface area (Å²) in [5.41, 5.74) is 6.84. The molecule has 0 spiro atoms. The van der Waals surface area contributed by atoms with Crippen molar-refractivity contribution < 1.29 is 14.3 Å². The number of nitrogens with two attached hydrogens (primary N) is 1. The first-order valence-corrected chi connectivity index (χ1v) is 7.00. The molecule has 6 nitrogen and oxygen atoms in total. The second kappa shape index (κ2) is 6.13. The topological polar surface area (TPSA) is 84.7 Å². The van der Waals surface area contributed by atoms with Crippen LogP contribution in [0.1, 0.15) is 16.8 Å². The SMILES string of the molecule is COC(=O)NC1CCN(C(=O)c2cccc(N)c2Br)C1. The van der Waals surface area contributed by atoms with Crippen LogP contribution in [0.4, 0.5) is 10.5 Å². The molecule has 1 unspecified atom stereocenters. The molecule has 2 rings (SSSR count). The zero-order chi connectivity index (χ0) is 14.7. The first-order chi connectivity index (χ1) is 9.52. The second-order valence-electron chi connectivity index (χ2n) is 4.58. The van der Waals surface area contributed by atoms with Gasteiger partial charge in [-0.15, -0.1) is 0 Å². The molecule has 1 aliphatic rings. The quantitative estimate of drug-likeness (QED) is 0.800. The van der Waals surface area contributed by atoms with Gasteiger partial charge < -0.3 is 20.7 Å². The van der Waals surface area contributed by atoms with Crippen LogP contribution in [0.15, 0.2) is 22.7 Å². The Labute approximate surface area is 125 Å². The van der Waals surface area contributed by atoms with E-state index in [4.69, 9.17) is 5.73 Å². The van der Waals surface area contributed by atoms with Crippen LogP contribution in [0.2, 0.25) is 0 Å². The van der Waals surface area contributed by atoms with E-state index in [1.54, 1.807) is 23.1 Å². The maximum atomic E-state index is 12.4. The summed E-state index contributed by atoms with van der Waals surface area (Å²) >= 11 is 3.33. The predicted octanol–water partition coefficient (Wildman–Crippen LogP) is 1.60. The summed E-state index contributed by atoms with van der Waals surface area (Å²) in [5, 5.41) is 2.70. The van der Waals surface area contributed by atoms with E-state index in [0.717, 1.165) is 0 Å². The highest BCUT2D eigenvalue weighted by Gasteiger charge is 2.29. The Kier molecular flexibility index (Phi) is 4.49. The summed E-state index contributed by atoms with van der Waals surface area (Å²) in [6.07, 6.45) is 0.232. The largest absolute Gasteiger partial charge is 0.453 e. The molecule has 7 heteroatoms. The van der Waals surface area contributed by atoms with Gasteiger partial charge in [-0.05, 0) is 34.5 Å². The van der Waals surface area contributed by atoms with Gasteiger partial charge in [0.15, 0.2) is 0 Å². The van der Waals surface area contributed by atoms with Gasteiger partial charge in [0.25, 0.3) is 5.91 Å². The lowest BCUT2D eigenvalue weighted by atomic mass is 10.2. The summed E-state index contributed by atoms with van der Waals surface area (Å²) < 4.78 is 5.16. The van der Waals surface area contributed by atoms with E-state index >= 15 is 0 Å². The van der Waals surface area contributed by atoms with Gasteiger partial charge in [0.05, 0.1) is 23.2 Å². The summed E-state index contributed by atoms with van der Waals surface area (Å²) in [4.78, 5) is 25.3. The number of nitrogens with one attached hydrogen (secondary N) is 1. The Hall–Kier alpha value is -1.76. The number of hydrogen-bond donors (Lipinski definition) is 2. The summed E-state index contributed by atoms with van der Waals surface area (Å²) in [7, 11) is 1.32. The molecule has 3 N–H and O–H groups in total. The minimum Gasteiger partial charge on any atom is -0.453 e. The fourth-order valence-electron chi connectivity index (χ4n) is 2.17. The highest BCUT2D eigenvalue weighted by molar-refractivity contribution is 9.10. The Bertz CT molecular complexity index is 536. The number of amides is 2. The number of anilines is 1. The molecule has 1 fully saturated rings. The molecule has 2 amide bonds. The molecule has 0 bridgehead atoms. The smallest absolute Gasteiger partial charge is 0.407 e. The first-order valence-electron chi connectivity index (χ1n) is 6.20. The summed E-state index contributed by atoms with van der Waals surface area (Å²) in [6.45, 7) is 1.06. The molecule has 1 aliphatic heterocycles. The van der Waals surface area contributed by atoms with Crippen molar-refractivity contribution in [3.8, 4) is 0 Å². The van der Waals surface area contributed by atoms with Crippen LogP contribution in [-0.4, -0.2) is 43.1 Å². The molecule has 0 radical (unpaired) electrons. The van der Waals surface area contributed by atoms with E-state index < -0.39 is 6.09 Å². The maximum absolute atomic E-state index is 12.4. The molecule has 0 aromatic heterocycles. The van der Waals surface area contributed by atoms with Crippen LogP contribution in [0.3, 0.4) is 0 Å². The van der Waals surface area contributed by atoms with Gasteiger partial charge in [-0.2, -0.15) is 0 Å². The summed E-state index contributed by atoms with van der Waals surface area (Å²) in [6, 6.07) is 5.12. The number of hydrogen-bond acceptors (Lipinski definition) is 4. The van der Waals surface area contributed by atoms with Crippen molar-refractivity contribution in [1.82, 2.24) is 10.2 Å². The Morgan fingerprint density at radius 2 is 2.25 bits per heavy atom. The average Bonchev–Trinajstić information content (AvgIpc) is 2.89. The number of rotatable bonds is 2. The van der Waals surface area contributed by atoms with Crippen molar-refractivity contribution in [2.45, 2.75) is 12.5 Å². The van der Waals surface area contributed by atoms with Gasteiger partial charge in [0.1, 0.15) is 0 Å². The van der Waals surface area contributed by atoms with Gasteiger partial charge >= 0.3 is 6.09 Å². The first kappa shape index (κ1) is 14.6. The van der Waals surface area contributed by atoms with Crippen molar-refractivity contribution in [3.05, 3.63) is 28.2 Å². The van der Waals surface area contributed by atoms with E-state index in [1.165, 1.54) is 7.11 Å². The Morgan fingerprint density at radius 1 is 1.50 bits per heavy atom. The molecule has 20 heavy (non-hydrogen) atoms. The monoisotopic (exact) mass is 341 g/mol. The minimum absolute atomic E-state index is 0.0776. The van der Waals surface area contributed by atoms with E-state index in [1.807, 2.05) is 0 Å². The molecule has 1 aromatic rings. The third-order valence-electron chi connectivity index (χ3n) is 3.24. The number of alkyl carbamates (subject to hydrolysis) is 1. The lowest BCUT2D eigenvalue weighted by Crippen LogP contribution is -2.38. The lowest BCUT2D eigenvalue weighted by molar-refractivity contribution is 0.0787. The molecule has 0 saturated carbocycles. The van der Waals surface area contributed by atoms with E-state index in [2.05, 4.69) is 26.0 Å². The zero-order valence-corrected chi connectivity index (χ0v) is 12.6. The number of nitrogen functional groups attached to an aromatic ring is 1. The number of halogens is 1. The number of ether oxygens (including phenoxy) is 1. The predicted molar refractivity (Wildman–Crippen MR) is 78.4 cm³/mol. The third kappa shape index (κ3) is 3.04. The number of nitrogens with zero attached hydrogens (tertiary/aromatic N) is 1. The zero-order valence-electron chi connectivity index (χ0n) is 11.1. The molecular weight excluding hydrogens is 326 g/mol. The van der Waals surface area contributed by atoms with Crippen molar-refractivity contribution in [3.63, 3.8) is 0 Å². The summed E-state index contributed by atoms with van der Waals surface area (Å²) in [5.74, 6) is -0.0988. The molecular formula is C13H16BrN3O3. The van der Waals surface area contributed by atoms with Gasteiger partial charge in [-0.3, -0.25) is 4.79 Å². The van der Waals surface area contributed by atoms with Crippen LogP contribution in [0.5, 0.6) is 0 Å². The number of benzene rings is 1. The third-order valence-corrected chi connectivity index (χ3v) is 4.13. The van der Waals surface area contributed by atoms with Gasteiger partial charge in [-0.1, -0.05) is 6.07 Å². The number of carbonyl (C=O) groups is 2. The fourth-order valence-corrected chi connectivity index (χ4v) is 2.61. The second-order valence-corrected chi connectivity index (χ2v) is 5.37. The van der Waals surface area contributed by atoms with Crippen molar-refractivity contribution in [2.24, 2.45) is 0 Å². The van der Waals surface area contributed by atoms with Crippen LogP contribution in [0, 0.1) is 0 Å². The standard InChI is InChI=1S/C13H16BrN3O3/c1-20-13(19)16-8-5-6-17(7-8)12(18)9-3-2-4-10(15)11(9)14/h2-4,8H,5-7,15H2,1H3,(H,16,19). The molecule has 1 heterocycles. The lowest BCUT2D eigenvalue weighted by Gasteiger charge is -2.18. The Balaban J connectivity index is 2.04. The van der Waals surface area contributed by atoms with Crippen molar-refractivity contribution >= 4 is 33.6 Å². The normalized spacial score (nSPS) is 17.9. The van der Waals surface area contributed by atoms with Crippen LogP contribution >= 0.6 is 15.9 Å². The maximum Gasteiger partial charge on any atom is 0.407 e. The molecule has 108 valence electrons. The van der Waals surface area contributed by atoms with E-state index in [0.29, 0.717) is 35.2 Å². The average molecular weight is 342 g/mol.